The highest BCUT2D eigenvalue weighted by atomic mass is 79.9. The third-order valence-corrected chi connectivity index (χ3v) is 5.60. The molecule has 1 aromatic rings. The van der Waals surface area contributed by atoms with Crippen molar-refractivity contribution < 1.29 is 4.39 Å². The molecule has 0 amide bonds. The summed E-state index contributed by atoms with van der Waals surface area (Å²) in [6, 6.07) is 5.83. The Balaban J connectivity index is 1.75. The van der Waals surface area contributed by atoms with Crippen LogP contribution in [-0.2, 0) is 6.42 Å². The lowest BCUT2D eigenvalue weighted by Crippen LogP contribution is -2.39. The highest BCUT2D eigenvalue weighted by Crippen LogP contribution is 2.40. The van der Waals surface area contributed by atoms with Crippen LogP contribution in [0, 0.1) is 11.2 Å². The minimum absolute atomic E-state index is 0.121. The van der Waals surface area contributed by atoms with Gasteiger partial charge >= 0.3 is 0 Å². The van der Waals surface area contributed by atoms with Crippen LogP contribution in [0.25, 0.3) is 0 Å². The zero-order chi connectivity index (χ0) is 14.0. The lowest BCUT2D eigenvalue weighted by atomic mass is 9.70. The molecule has 0 spiro atoms. The van der Waals surface area contributed by atoms with E-state index >= 15 is 0 Å². The SMILES string of the molecule is Fc1ccc(Br)c(CC2(CNC3CC3)CCCCC2)c1. The Labute approximate surface area is 129 Å². The van der Waals surface area contributed by atoms with Crippen LogP contribution in [0.5, 0.6) is 0 Å². The molecule has 110 valence electrons. The zero-order valence-corrected chi connectivity index (χ0v) is 13.5. The molecule has 2 saturated carbocycles. The molecule has 0 radical (unpaired) electrons. The van der Waals surface area contributed by atoms with Crippen LogP contribution in [0.1, 0.15) is 50.5 Å². The van der Waals surface area contributed by atoms with Gasteiger partial charge in [-0.2, -0.15) is 0 Å². The van der Waals surface area contributed by atoms with Crippen molar-refractivity contribution in [1.29, 1.82) is 0 Å². The van der Waals surface area contributed by atoms with E-state index in [4.69, 9.17) is 0 Å². The number of nitrogens with one attached hydrogen (secondary N) is 1. The van der Waals surface area contributed by atoms with E-state index in [2.05, 4.69) is 21.2 Å². The average Bonchev–Trinajstić information content (AvgIpc) is 3.26. The van der Waals surface area contributed by atoms with Crippen LogP contribution in [0.3, 0.4) is 0 Å². The maximum Gasteiger partial charge on any atom is 0.123 e. The van der Waals surface area contributed by atoms with Gasteiger partial charge in [0.15, 0.2) is 0 Å². The molecule has 0 unspecified atom stereocenters. The first-order valence-electron chi connectivity index (χ1n) is 7.84. The van der Waals surface area contributed by atoms with Gasteiger partial charge in [0.25, 0.3) is 0 Å². The average molecular weight is 340 g/mol. The predicted octanol–water partition coefficient (Wildman–Crippen LogP) is 4.83. The standard InChI is InChI=1S/C17H23BrFN/c18-16-7-4-14(19)10-13(16)11-17(8-2-1-3-9-17)12-20-15-5-6-15/h4,7,10,15,20H,1-3,5-6,8-9,11-12H2. The Kier molecular flexibility index (Phi) is 4.46. The summed E-state index contributed by atoms with van der Waals surface area (Å²) >= 11 is 3.59. The largest absolute Gasteiger partial charge is 0.313 e. The fourth-order valence-electron chi connectivity index (χ4n) is 3.45. The van der Waals surface area contributed by atoms with Crippen molar-refractivity contribution in [3.8, 4) is 0 Å². The monoisotopic (exact) mass is 339 g/mol. The lowest BCUT2D eigenvalue weighted by molar-refractivity contribution is 0.179. The molecule has 3 rings (SSSR count). The van der Waals surface area contributed by atoms with Gasteiger partial charge in [-0.1, -0.05) is 35.2 Å². The normalized spacial score (nSPS) is 21.9. The van der Waals surface area contributed by atoms with E-state index in [9.17, 15) is 4.39 Å². The van der Waals surface area contributed by atoms with Crippen LogP contribution in [0.2, 0.25) is 0 Å². The Morgan fingerprint density at radius 3 is 2.65 bits per heavy atom. The molecule has 1 aromatic carbocycles. The zero-order valence-electron chi connectivity index (χ0n) is 11.9. The van der Waals surface area contributed by atoms with Crippen LogP contribution < -0.4 is 5.32 Å². The van der Waals surface area contributed by atoms with Crippen molar-refractivity contribution in [3.05, 3.63) is 34.1 Å². The number of halogens is 2. The molecule has 1 N–H and O–H groups in total. The fraction of sp³-hybridized carbons (Fsp3) is 0.647. The summed E-state index contributed by atoms with van der Waals surface area (Å²) < 4.78 is 14.6. The molecule has 2 fully saturated rings. The summed E-state index contributed by atoms with van der Waals surface area (Å²) in [5, 5.41) is 3.71. The summed E-state index contributed by atoms with van der Waals surface area (Å²) in [5.41, 5.74) is 1.46. The van der Waals surface area contributed by atoms with E-state index in [-0.39, 0.29) is 5.82 Å². The first kappa shape index (κ1) is 14.5. The van der Waals surface area contributed by atoms with Crippen LogP contribution in [-0.4, -0.2) is 12.6 Å². The fourth-order valence-corrected chi connectivity index (χ4v) is 3.84. The minimum Gasteiger partial charge on any atom is -0.313 e. The quantitative estimate of drug-likeness (QED) is 0.809. The van der Waals surface area contributed by atoms with Crippen molar-refractivity contribution >= 4 is 15.9 Å². The molecule has 2 aliphatic rings. The summed E-state index contributed by atoms with van der Waals surface area (Å²) in [5.74, 6) is -0.121. The molecule has 0 aromatic heterocycles. The second-order valence-electron chi connectivity index (χ2n) is 6.63. The van der Waals surface area contributed by atoms with Gasteiger partial charge in [-0.05, 0) is 61.3 Å². The Hall–Kier alpha value is -0.410. The van der Waals surface area contributed by atoms with Gasteiger partial charge in [0.2, 0.25) is 0 Å². The minimum atomic E-state index is -0.121. The molecular formula is C17H23BrFN. The van der Waals surface area contributed by atoms with Gasteiger partial charge in [-0.25, -0.2) is 4.39 Å². The smallest absolute Gasteiger partial charge is 0.123 e. The summed E-state index contributed by atoms with van der Waals surface area (Å²) in [7, 11) is 0. The first-order valence-corrected chi connectivity index (χ1v) is 8.64. The number of hydrogen-bond donors (Lipinski definition) is 1. The van der Waals surface area contributed by atoms with Gasteiger partial charge in [0.05, 0.1) is 0 Å². The van der Waals surface area contributed by atoms with E-state index in [1.54, 1.807) is 6.07 Å². The van der Waals surface area contributed by atoms with Gasteiger partial charge in [-0.3, -0.25) is 0 Å². The third kappa shape index (κ3) is 3.62. The van der Waals surface area contributed by atoms with Gasteiger partial charge in [0.1, 0.15) is 5.82 Å². The van der Waals surface area contributed by atoms with E-state index in [1.165, 1.54) is 51.0 Å². The molecule has 0 atom stereocenters. The highest BCUT2D eigenvalue weighted by Gasteiger charge is 2.34. The predicted molar refractivity (Wildman–Crippen MR) is 84.3 cm³/mol. The topological polar surface area (TPSA) is 12.0 Å². The molecule has 0 aliphatic heterocycles. The van der Waals surface area contributed by atoms with Crippen molar-refractivity contribution in [3.63, 3.8) is 0 Å². The summed E-state index contributed by atoms with van der Waals surface area (Å²) in [6.07, 6.45) is 10.2. The van der Waals surface area contributed by atoms with Gasteiger partial charge in [-0.15, -0.1) is 0 Å². The van der Waals surface area contributed by atoms with Crippen molar-refractivity contribution in [1.82, 2.24) is 5.32 Å². The molecule has 1 nitrogen and oxygen atoms in total. The van der Waals surface area contributed by atoms with Crippen molar-refractivity contribution in [2.75, 3.05) is 6.54 Å². The van der Waals surface area contributed by atoms with E-state index in [0.29, 0.717) is 5.41 Å². The number of benzene rings is 1. The molecular weight excluding hydrogens is 317 g/mol. The molecule has 3 heteroatoms. The second-order valence-corrected chi connectivity index (χ2v) is 7.48. The Bertz CT molecular complexity index is 464. The van der Waals surface area contributed by atoms with E-state index < -0.39 is 0 Å². The molecule has 20 heavy (non-hydrogen) atoms. The third-order valence-electron chi connectivity index (χ3n) is 4.83. The summed E-state index contributed by atoms with van der Waals surface area (Å²) in [6.45, 7) is 1.10. The second kappa shape index (κ2) is 6.15. The maximum absolute atomic E-state index is 13.5. The molecule has 0 heterocycles. The number of hydrogen-bond acceptors (Lipinski definition) is 1. The lowest BCUT2D eigenvalue weighted by Gasteiger charge is -2.38. The first-order chi connectivity index (χ1) is 9.67. The molecule has 0 saturated heterocycles. The molecule has 2 aliphatic carbocycles. The van der Waals surface area contributed by atoms with Crippen molar-refractivity contribution in [2.45, 2.75) is 57.4 Å². The highest BCUT2D eigenvalue weighted by molar-refractivity contribution is 9.10. The van der Waals surface area contributed by atoms with Gasteiger partial charge in [0, 0.05) is 17.1 Å². The Morgan fingerprint density at radius 2 is 1.95 bits per heavy atom. The summed E-state index contributed by atoms with van der Waals surface area (Å²) in [4.78, 5) is 0. The van der Waals surface area contributed by atoms with E-state index in [0.717, 1.165) is 29.0 Å². The van der Waals surface area contributed by atoms with Crippen LogP contribution in [0.4, 0.5) is 4.39 Å². The Morgan fingerprint density at radius 1 is 1.20 bits per heavy atom. The maximum atomic E-state index is 13.5. The number of rotatable bonds is 5. The van der Waals surface area contributed by atoms with Crippen LogP contribution >= 0.6 is 15.9 Å². The van der Waals surface area contributed by atoms with Crippen molar-refractivity contribution in [2.24, 2.45) is 5.41 Å². The van der Waals surface area contributed by atoms with Crippen LogP contribution in [0.15, 0.2) is 22.7 Å². The van der Waals surface area contributed by atoms with Gasteiger partial charge < -0.3 is 5.32 Å². The molecule has 0 bridgehead atoms. The van der Waals surface area contributed by atoms with E-state index in [1.807, 2.05) is 6.07 Å².